The van der Waals surface area contributed by atoms with E-state index in [1.807, 2.05) is 24.4 Å². The van der Waals surface area contributed by atoms with Gasteiger partial charge in [-0.05, 0) is 12.1 Å². The largest absolute Gasteiger partial charge is 0.346 e. The molecule has 0 fully saturated rings. The maximum absolute atomic E-state index is 3.05. The molecule has 0 unspecified atom stereocenters. The van der Waals surface area contributed by atoms with Gasteiger partial charge < -0.3 is 9.97 Å². The molecule has 2 aliphatic heterocycles. The van der Waals surface area contributed by atoms with Gasteiger partial charge in [0.05, 0.1) is 5.35 Å². The number of hydrogen-bond acceptors (Lipinski definition) is 0. The third-order valence-electron chi connectivity index (χ3n) is 1.16. The highest BCUT2D eigenvalue weighted by Crippen LogP contribution is 1.91. The van der Waals surface area contributed by atoms with Crippen LogP contribution in [0.1, 0.15) is 0 Å². The lowest BCUT2D eigenvalue weighted by Crippen LogP contribution is -1.54. The number of nitrogens with one attached hydrogen (secondary N) is 2. The normalized spacial score (nSPS) is 10.5. The number of H-pyrrole nitrogens is 2. The summed E-state index contributed by atoms with van der Waals surface area (Å²) in [6, 6.07) is 6.00. The van der Waals surface area contributed by atoms with Gasteiger partial charge in [-0.3, -0.25) is 0 Å². The molecule has 0 aromatic heterocycles. The zero-order chi connectivity index (χ0) is 5.40. The van der Waals surface area contributed by atoms with Crippen LogP contribution in [0, 0.1) is 10.8 Å². The summed E-state index contributed by atoms with van der Waals surface area (Å²) in [5.41, 5.74) is 1.13. The van der Waals surface area contributed by atoms with Crippen LogP contribution >= 0.6 is 0 Å². The van der Waals surface area contributed by atoms with E-state index in [0.29, 0.717) is 0 Å². The average molecular weight is 106 g/mol. The van der Waals surface area contributed by atoms with Crippen LogP contribution in [0.3, 0.4) is 0 Å². The zero-order valence-corrected chi connectivity index (χ0v) is 4.31. The van der Waals surface area contributed by atoms with Gasteiger partial charge in [0.2, 0.25) is 0 Å². The highest BCUT2D eigenvalue weighted by Gasteiger charge is 1.87. The van der Waals surface area contributed by atoms with Crippen molar-refractivity contribution < 1.29 is 0 Å². The Morgan fingerprint density at radius 2 is 2.25 bits per heavy atom. The number of aromatic amines is 2. The Kier molecular flexibility index (Phi) is 0.545. The smallest absolute Gasteiger partial charge is 0.132 e. The van der Waals surface area contributed by atoms with Gasteiger partial charge in [0.1, 0.15) is 5.48 Å². The molecule has 0 saturated carbocycles. The molecular formula is C6H6N2. The molecule has 2 rings (SSSR count). The van der Waals surface area contributed by atoms with E-state index in [4.69, 9.17) is 0 Å². The predicted octanol–water partition coefficient (Wildman–Crippen LogP) is 1.07. The Balaban J connectivity index is 2.93. The topological polar surface area (TPSA) is 31.6 Å². The van der Waals surface area contributed by atoms with E-state index >= 15 is 0 Å². The van der Waals surface area contributed by atoms with Crippen LogP contribution in [0.2, 0.25) is 0 Å². The lowest BCUT2D eigenvalue weighted by molar-refractivity contribution is 1.27. The first kappa shape index (κ1) is 3.78. The van der Waals surface area contributed by atoms with Gasteiger partial charge in [-0.1, -0.05) is 6.07 Å². The van der Waals surface area contributed by atoms with Crippen LogP contribution in [0.5, 0.6) is 0 Å². The fourth-order valence-electron chi connectivity index (χ4n) is 0.681. The molecule has 2 aliphatic rings. The molecule has 0 amide bonds. The van der Waals surface area contributed by atoms with Gasteiger partial charge >= 0.3 is 0 Å². The monoisotopic (exact) mass is 106 g/mol. The SMILES string of the molecule is c1ccc2[nH]c=2[nH]c1. The van der Waals surface area contributed by atoms with E-state index in [9.17, 15) is 0 Å². The van der Waals surface area contributed by atoms with E-state index in [-0.39, 0.29) is 0 Å². The van der Waals surface area contributed by atoms with Gasteiger partial charge in [-0.25, -0.2) is 0 Å². The highest BCUT2D eigenvalue weighted by molar-refractivity contribution is 4.99. The molecule has 0 atom stereocenters. The van der Waals surface area contributed by atoms with Gasteiger partial charge in [-0.15, -0.1) is 0 Å². The summed E-state index contributed by atoms with van der Waals surface area (Å²) in [5, 5.41) is 1.20. The molecule has 0 spiro atoms. The molecule has 0 bridgehead atoms. The Morgan fingerprint density at radius 1 is 1.25 bits per heavy atom. The quantitative estimate of drug-likeness (QED) is 0.503. The van der Waals surface area contributed by atoms with E-state index in [2.05, 4.69) is 9.97 Å². The van der Waals surface area contributed by atoms with Crippen molar-refractivity contribution in [2.75, 3.05) is 0 Å². The minimum absolute atomic E-state index is 1.13. The molecular weight excluding hydrogens is 100 g/mol. The van der Waals surface area contributed by atoms with Crippen LogP contribution < -0.4 is 0 Å². The molecule has 0 aliphatic carbocycles. The predicted molar refractivity (Wildman–Crippen MR) is 30.4 cm³/mol. The van der Waals surface area contributed by atoms with Crippen LogP contribution in [0.4, 0.5) is 0 Å². The molecule has 2 N–H and O–H groups in total. The summed E-state index contributed by atoms with van der Waals surface area (Å²) in [4.78, 5) is 6.10. The first-order valence-electron chi connectivity index (χ1n) is 2.58. The van der Waals surface area contributed by atoms with Crippen LogP contribution in [-0.2, 0) is 0 Å². The number of hydrogen-bond donors (Lipinski definition) is 2. The van der Waals surface area contributed by atoms with Crippen molar-refractivity contribution in [3.8, 4) is 0 Å². The molecule has 0 aromatic rings. The molecule has 0 saturated heterocycles. The third kappa shape index (κ3) is 0.428. The highest BCUT2D eigenvalue weighted by atomic mass is 14.9. The summed E-state index contributed by atoms with van der Waals surface area (Å²) >= 11 is 0. The zero-order valence-electron chi connectivity index (χ0n) is 4.31. The molecule has 0 aromatic carbocycles. The lowest BCUT2D eigenvalue weighted by atomic mass is 10.5. The number of aromatic nitrogens is 2. The Labute approximate surface area is 46.2 Å². The Bertz CT molecular complexity index is 288. The van der Waals surface area contributed by atoms with E-state index in [1.165, 1.54) is 5.35 Å². The first-order valence-corrected chi connectivity index (χ1v) is 2.58. The molecule has 2 heterocycles. The van der Waals surface area contributed by atoms with Crippen LogP contribution in [0.15, 0.2) is 24.4 Å². The third-order valence-corrected chi connectivity index (χ3v) is 1.16. The summed E-state index contributed by atoms with van der Waals surface area (Å²) in [6.45, 7) is 0. The van der Waals surface area contributed by atoms with Gasteiger partial charge in [0.25, 0.3) is 0 Å². The maximum Gasteiger partial charge on any atom is 0.132 e. The molecule has 40 valence electrons. The average Bonchev–Trinajstić information content (AvgIpc) is 2.36. The van der Waals surface area contributed by atoms with Crippen molar-refractivity contribution in [2.45, 2.75) is 0 Å². The van der Waals surface area contributed by atoms with Crippen molar-refractivity contribution >= 4 is 0 Å². The van der Waals surface area contributed by atoms with Crippen molar-refractivity contribution in [2.24, 2.45) is 0 Å². The van der Waals surface area contributed by atoms with Gasteiger partial charge in [0, 0.05) is 6.20 Å². The van der Waals surface area contributed by atoms with Crippen molar-refractivity contribution in [3.63, 3.8) is 0 Å². The summed E-state index contributed by atoms with van der Waals surface area (Å²) < 4.78 is 0. The minimum atomic E-state index is 1.13. The minimum Gasteiger partial charge on any atom is -0.346 e. The molecule has 8 heavy (non-hydrogen) atoms. The second-order valence-corrected chi connectivity index (χ2v) is 1.78. The second kappa shape index (κ2) is 1.15. The standard InChI is InChI=1S/C6H6N2/c1-2-4-7-6-5(3-1)8-6/h1-4,7-8H. The lowest BCUT2D eigenvalue weighted by Gasteiger charge is -1.62. The summed E-state index contributed by atoms with van der Waals surface area (Å²) in [5.74, 6) is 0. The second-order valence-electron chi connectivity index (χ2n) is 1.78. The maximum atomic E-state index is 3.05. The Morgan fingerprint density at radius 3 is 3.25 bits per heavy atom. The fraction of sp³-hybridized carbons (Fsp3) is 0. The van der Waals surface area contributed by atoms with E-state index in [1.54, 1.807) is 0 Å². The molecule has 2 heteroatoms. The van der Waals surface area contributed by atoms with E-state index in [0.717, 1.165) is 5.48 Å². The van der Waals surface area contributed by atoms with Gasteiger partial charge in [-0.2, -0.15) is 0 Å². The molecule has 2 nitrogen and oxygen atoms in total. The van der Waals surface area contributed by atoms with Crippen molar-refractivity contribution in [1.82, 2.24) is 9.97 Å². The fourth-order valence-corrected chi connectivity index (χ4v) is 0.681. The van der Waals surface area contributed by atoms with Crippen LogP contribution in [0.25, 0.3) is 0 Å². The van der Waals surface area contributed by atoms with Crippen LogP contribution in [-0.4, -0.2) is 9.97 Å². The van der Waals surface area contributed by atoms with E-state index < -0.39 is 0 Å². The number of rotatable bonds is 0. The summed E-state index contributed by atoms with van der Waals surface area (Å²) in [6.07, 6.45) is 1.90. The Hall–Kier alpha value is -1.18. The molecule has 0 radical (unpaired) electrons. The van der Waals surface area contributed by atoms with Crippen molar-refractivity contribution in [3.05, 3.63) is 35.2 Å². The first-order chi connectivity index (χ1) is 3.97. The van der Waals surface area contributed by atoms with Gasteiger partial charge in [0.15, 0.2) is 0 Å². The summed E-state index contributed by atoms with van der Waals surface area (Å²) in [7, 11) is 0. The van der Waals surface area contributed by atoms with Crippen molar-refractivity contribution in [1.29, 1.82) is 0 Å².